The smallest absolute Gasteiger partial charge is 0.303 e. The van der Waals surface area contributed by atoms with E-state index in [0.717, 1.165) is 4.88 Å². The van der Waals surface area contributed by atoms with Crippen LogP contribution >= 0.6 is 11.3 Å². The third-order valence-corrected chi connectivity index (χ3v) is 2.39. The summed E-state index contributed by atoms with van der Waals surface area (Å²) in [5.41, 5.74) is 0. The molecule has 2 N–H and O–H groups in total. The second-order valence-corrected chi connectivity index (χ2v) is 3.82. The van der Waals surface area contributed by atoms with Gasteiger partial charge in [-0.2, -0.15) is 0 Å². The summed E-state index contributed by atoms with van der Waals surface area (Å²) in [6.07, 6.45) is 2.12. The van der Waals surface area contributed by atoms with E-state index in [1.807, 2.05) is 0 Å². The van der Waals surface area contributed by atoms with Crippen LogP contribution in [0.3, 0.4) is 0 Å². The fourth-order valence-electron chi connectivity index (χ4n) is 0.862. The summed E-state index contributed by atoms with van der Waals surface area (Å²) in [5, 5.41) is 11.5. The van der Waals surface area contributed by atoms with Crippen molar-refractivity contribution in [3.63, 3.8) is 0 Å². The van der Waals surface area contributed by atoms with Gasteiger partial charge < -0.3 is 10.4 Å². The van der Waals surface area contributed by atoms with E-state index in [1.54, 1.807) is 6.20 Å². The Balaban J connectivity index is 2.50. The lowest BCUT2D eigenvalue weighted by atomic mass is 10.3. The van der Waals surface area contributed by atoms with Gasteiger partial charge >= 0.3 is 5.97 Å². The number of aryl methyl sites for hydroxylation is 1. The van der Waals surface area contributed by atoms with Crippen LogP contribution in [0.25, 0.3) is 0 Å². The van der Waals surface area contributed by atoms with Crippen LogP contribution in [0.5, 0.6) is 0 Å². The van der Waals surface area contributed by atoms with Crippen molar-refractivity contribution in [2.75, 3.05) is 5.32 Å². The predicted octanol–water partition coefficient (Wildman–Crippen LogP) is 1.12. The molecule has 1 aromatic rings. The molecule has 6 heteroatoms. The molecule has 0 spiro atoms. The normalized spacial score (nSPS) is 9.79. The number of carbonyl (C=O) groups is 2. The largest absolute Gasteiger partial charge is 0.481 e. The van der Waals surface area contributed by atoms with Gasteiger partial charge in [-0.25, -0.2) is 4.98 Å². The Hall–Kier alpha value is -1.43. The molecule has 0 radical (unpaired) electrons. The van der Waals surface area contributed by atoms with Crippen LogP contribution in [-0.2, 0) is 16.0 Å². The fourth-order valence-corrected chi connectivity index (χ4v) is 1.72. The number of hydrogen-bond acceptors (Lipinski definition) is 4. The van der Waals surface area contributed by atoms with Gasteiger partial charge in [-0.15, -0.1) is 11.3 Å². The molecule has 1 amide bonds. The van der Waals surface area contributed by atoms with Gasteiger partial charge in [0.1, 0.15) is 0 Å². The zero-order valence-electron chi connectivity index (χ0n) is 7.61. The van der Waals surface area contributed by atoms with Crippen LogP contribution in [0.15, 0.2) is 6.20 Å². The molecular formula is C8H10N2O3S. The molecule has 1 aromatic heterocycles. The molecule has 0 unspecified atom stereocenters. The van der Waals surface area contributed by atoms with Crippen molar-refractivity contribution in [2.45, 2.75) is 19.8 Å². The van der Waals surface area contributed by atoms with Crippen LogP contribution in [-0.4, -0.2) is 22.0 Å². The average Bonchev–Trinajstić information content (AvgIpc) is 2.47. The lowest BCUT2D eigenvalue weighted by Gasteiger charge is -1.93. The van der Waals surface area contributed by atoms with Crippen molar-refractivity contribution in [3.8, 4) is 0 Å². The molecule has 0 atom stereocenters. The van der Waals surface area contributed by atoms with Crippen molar-refractivity contribution in [1.82, 2.24) is 4.98 Å². The summed E-state index contributed by atoms with van der Waals surface area (Å²) in [4.78, 5) is 25.7. The molecule has 0 aliphatic rings. The number of nitrogens with one attached hydrogen (secondary N) is 1. The van der Waals surface area contributed by atoms with Crippen LogP contribution < -0.4 is 5.32 Å². The Kier molecular flexibility index (Phi) is 3.58. The molecule has 5 nitrogen and oxygen atoms in total. The lowest BCUT2D eigenvalue weighted by molar-refractivity contribution is -0.136. The average molecular weight is 214 g/mol. The maximum absolute atomic E-state index is 10.6. The SMILES string of the molecule is CC(=O)Nc1ncc(CCC(=O)O)s1. The number of nitrogens with zero attached hydrogens (tertiary/aromatic N) is 1. The van der Waals surface area contributed by atoms with E-state index in [2.05, 4.69) is 10.3 Å². The maximum atomic E-state index is 10.6. The van der Waals surface area contributed by atoms with Crippen LogP contribution in [0.2, 0.25) is 0 Å². The highest BCUT2D eigenvalue weighted by Gasteiger charge is 2.05. The van der Waals surface area contributed by atoms with Gasteiger partial charge in [0.05, 0.1) is 6.42 Å². The third-order valence-electron chi connectivity index (χ3n) is 1.42. The van der Waals surface area contributed by atoms with Gasteiger partial charge in [-0.3, -0.25) is 9.59 Å². The zero-order valence-corrected chi connectivity index (χ0v) is 8.43. The molecule has 0 saturated heterocycles. The van der Waals surface area contributed by atoms with E-state index in [1.165, 1.54) is 18.3 Å². The number of aliphatic carboxylic acids is 1. The first kappa shape index (κ1) is 10.6. The Morgan fingerprint density at radius 1 is 1.64 bits per heavy atom. The van der Waals surface area contributed by atoms with Crippen molar-refractivity contribution < 1.29 is 14.7 Å². The van der Waals surface area contributed by atoms with Crippen molar-refractivity contribution in [3.05, 3.63) is 11.1 Å². The van der Waals surface area contributed by atoms with Crippen molar-refractivity contribution in [1.29, 1.82) is 0 Å². The quantitative estimate of drug-likeness (QED) is 0.787. The summed E-state index contributed by atoms with van der Waals surface area (Å²) in [5.74, 6) is -1.01. The summed E-state index contributed by atoms with van der Waals surface area (Å²) < 4.78 is 0. The predicted molar refractivity (Wildman–Crippen MR) is 52.4 cm³/mol. The topological polar surface area (TPSA) is 79.3 Å². The second kappa shape index (κ2) is 4.71. The Morgan fingerprint density at radius 3 is 2.93 bits per heavy atom. The standard InChI is InChI=1S/C8H10N2O3S/c1-5(11)10-8-9-4-6(14-8)2-3-7(12)13/h4H,2-3H2,1H3,(H,12,13)(H,9,10,11). The van der Waals surface area contributed by atoms with Crippen LogP contribution in [0.1, 0.15) is 18.2 Å². The highest BCUT2D eigenvalue weighted by molar-refractivity contribution is 7.15. The molecule has 0 bridgehead atoms. The summed E-state index contributed by atoms with van der Waals surface area (Å²) in [6.45, 7) is 1.40. The number of thiazole rings is 1. The molecular weight excluding hydrogens is 204 g/mol. The minimum atomic E-state index is -0.834. The molecule has 1 heterocycles. The Bertz CT molecular complexity index is 348. The Morgan fingerprint density at radius 2 is 2.36 bits per heavy atom. The van der Waals surface area contributed by atoms with Crippen LogP contribution in [0, 0.1) is 0 Å². The summed E-state index contributed by atoms with van der Waals surface area (Å²) in [7, 11) is 0. The van der Waals surface area contributed by atoms with Gasteiger partial charge in [0, 0.05) is 18.0 Å². The number of amides is 1. The van der Waals surface area contributed by atoms with Crippen molar-refractivity contribution >= 4 is 28.3 Å². The fraction of sp³-hybridized carbons (Fsp3) is 0.375. The van der Waals surface area contributed by atoms with E-state index in [-0.39, 0.29) is 12.3 Å². The molecule has 0 aliphatic heterocycles. The van der Waals surface area contributed by atoms with Gasteiger partial charge in [0.25, 0.3) is 0 Å². The molecule has 0 aromatic carbocycles. The zero-order chi connectivity index (χ0) is 10.6. The first-order valence-electron chi connectivity index (χ1n) is 4.02. The maximum Gasteiger partial charge on any atom is 0.303 e. The molecule has 0 aliphatic carbocycles. The summed E-state index contributed by atoms with van der Waals surface area (Å²) >= 11 is 1.30. The molecule has 0 fully saturated rings. The van der Waals surface area contributed by atoms with E-state index in [9.17, 15) is 9.59 Å². The minimum absolute atomic E-state index is 0.0850. The van der Waals surface area contributed by atoms with Gasteiger partial charge in [-0.05, 0) is 6.42 Å². The summed E-state index contributed by atoms with van der Waals surface area (Å²) in [6, 6.07) is 0. The third kappa shape index (κ3) is 3.53. The highest BCUT2D eigenvalue weighted by Crippen LogP contribution is 2.19. The Labute approximate surface area is 84.8 Å². The van der Waals surface area contributed by atoms with Crippen molar-refractivity contribution in [2.24, 2.45) is 0 Å². The van der Waals surface area contributed by atoms with Gasteiger partial charge in [0.15, 0.2) is 5.13 Å². The first-order chi connectivity index (χ1) is 6.58. The van der Waals surface area contributed by atoms with Gasteiger partial charge in [0.2, 0.25) is 5.91 Å². The number of hydrogen-bond donors (Lipinski definition) is 2. The molecule has 76 valence electrons. The van der Waals surface area contributed by atoms with E-state index >= 15 is 0 Å². The first-order valence-corrected chi connectivity index (χ1v) is 4.83. The lowest BCUT2D eigenvalue weighted by Crippen LogP contribution is -2.04. The van der Waals surface area contributed by atoms with Crippen LogP contribution in [0.4, 0.5) is 5.13 Å². The molecule has 1 rings (SSSR count). The number of anilines is 1. The number of rotatable bonds is 4. The van der Waals surface area contributed by atoms with E-state index in [4.69, 9.17) is 5.11 Å². The van der Waals surface area contributed by atoms with E-state index < -0.39 is 5.97 Å². The number of carboxylic acid groups (broad SMARTS) is 1. The van der Waals surface area contributed by atoms with E-state index in [0.29, 0.717) is 11.6 Å². The minimum Gasteiger partial charge on any atom is -0.481 e. The number of carboxylic acids is 1. The molecule has 0 saturated carbocycles. The monoisotopic (exact) mass is 214 g/mol. The second-order valence-electron chi connectivity index (χ2n) is 2.71. The van der Waals surface area contributed by atoms with Gasteiger partial charge in [-0.1, -0.05) is 0 Å². The number of aromatic nitrogens is 1. The highest BCUT2D eigenvalue weighted by atomic mass is 32.1. The number of carbonyl (C=O) groups excluding carboxylic acids is 1. The molecule has 14 heavy (non-hydrogen) atoms.